The Morgan fingerprint density at radius 2 is 2.33 bits per heavy atom. The normalized spacial score (nSPS) is 17.4. The highest BCUT2D eigenvalue weighted by molar-refractivity contribution is 7.14. The van der Waals surface area contributed by atoms with Crippen LogP contribution in [-0.4, -0.2) is 52.6 Å². The Balaban J connectivity index is 0.00000210. The van der Waals surface area contributed by atoms with Crippen LogP contribution in [0.1, 0.15) is 33.1 Å². The van der Waals surface area contributed by atoms with E-state index < -0.39 is 0 Å². The molecule has 4 heterocycles. The van der Waals surface area contributed by atoms with Gasteiger partial charge in [0.1, 0.15) is 0 Å². The molecule has 3 aromatic rings. The van der Waals surface area contributed by atoms with Crippen molar-refractivity contribution in [3.63, 3.8) is 0 Å². The number of hydrogen-bond donors (Lipinski definition) is 2. The van der Waals surface area contributed by atoms with Gasteiger partial charge in [-0.2, -0.15) is 4.98 Å². The van der Waals surface area contributed by atoms with Crippen molar-refractivity contribution in [3.05, 3.63) is 45.2 Å². The minimum atomic E-state index is -0.145. The number of likely N-dealkylation sites (N-methyl/N-ethyl adjacent to an activating group) is 1. The van der Waals surface area contributed by atoms with Crippen molar-refractivity contribution in [2.45, 2.75) is 12.5 Å². The summed E-state index contributed by atoms with van der Waals surface area (Å²) in [4.78, 5) is 23.9. The fourth-order valence-electron chi connectivity index (χ4n) is 2.74. The zero-order chi connectivity index (χ0) is 17.9. The summed E-state index contributed by atoms with van der Waals surface area (Å²) in [5, 5.41) is 14.6. The number of carbonyl (C=O) groups is 1. The first-order valence-electron chi connectivity index (χ1n) is 8.22. The highest BCUT2D eigenvalue weighted by Gasteiger charge is 2.25. The molecule has 1 aliphatic heterocycles. The monoisotopic (exact) mass is 426 g/mol. The van der Waals surface area contributed by atoms with Gasteiger partial charge in [-0.3, -0.25) is 15.0 Å². The Labute approximate surface area is 170 Å². The van der Waals surface area contributed by atoms with Gasteiger partial charge in [-0.15, -0.1) is 35.1 Å². The number of rotatable bonds is 5. The van der Waals surface area contributed by atoms with Crippen molar-refractivity contribution in [3.8, 4) is 0 Å². The third-order valence-electron chi connectivity index (χ3n) is 4.14. The Morgan fingerprint density at radius 1 is 1.44 bits per heavy atom. The molecule has 1 atom stereocenters. The molecule has 0 aliphatic carbocycles. The van der Waals surface area contributed by atoms with Crippen molar-refractivity contribution >= 4 is 46.1 Å². The van der Waals surface area contributed by atoms with Gasteiger partial charge in [-0.1, -0.05) is 11.2 Å². The van der Waals surface area contributed by atoms with Crippen molar-refractivity contribution in [1.82, 2.24) is 25.3 Å². The SMILES string of the molecule is CN1CCNCC1c1noc(Cc2csc(NC(=O)c3cccs3)n2)n1.Cl. The standard InChI is InChI=1S/C16H18N6O2S2.ClH/c1-22-5-4-17-8-11(22)14-19-13(24-21-14)7-10-9-26-16(18-10)20-15(23)12-3-2-6-25-12;/h2-3,6,9,11,17H,4-5,7-8H2,1H3,(H,18,20,23);1H. The first-order valence-corrected chi connectivity index (χ1v) is 9.97. The molecule has 1 fully saturated rings. The van der Waals surface area contributed by atoms with Crippen molar-refractivity contribution in [2.75, 3.05) is 32.0 Å². The molecule has 27 heavy (non-hydrogen) atoms. The van der Waals surface area contributed by atoms with Crippen LogP contribution in [0.3, 0.4) is 0 Å². The number of hydrogen-bond acceptors (Lipinski definition) is 9. The minimum absolute atomic E-state index is 0. The molecule has 1 unspecified atom stereocenters. The highest BCUT2D eigenvalue weighted by atomic mass is 35.5. The van der Waals surface area contributed by atoms with E-state index in [0.29, 0.717) is 28.1 Å². The number of aromatic nitrogens is 3. The average molecular weight is 427 g/mol. The topological polar surface area (TPSA) is 96.2 Å². The summed E-state index contributed by atoms with van der Waals surface area (Å²) in [5.41, 5.74) is 0.793. The summed E-state index contributed by atoms with van der Waals surface area (Å²) in [6, 6.07) is 3.75. The molecular weight excluding hydrogens is 408 g/mol. The van der Waals surface area contributed by atoms with E-state index in [1.807, 2.05) is 16.8 Å². The Bertz CT molecular complexity index is 881. The lowest BCUT2D eigenvalue weighted by Gasteiger charge is -2.30. The van der Waals surface area contributed by atoms with Crippen LogP contribution in [0.2, 0.25) is 0 Å². The summed E-state index contributed by atoms with van der Waals surface area (Å²) in [7, 11) is 2.06. The molecule has 2 N–H and O–H groups in total. The quantitative estimate of drug-likeness (QED) is 0.646. The van der Waals surface area contributed by atoms with E-state index in [-0.39, 0.29) is 24.4 Å². The first kappa shape index (κ1) is 19.9. The summed E-state index contributed by atoms with van der Waals surface area (Å²) in [5.74, 6) is 1.07. The highest BCUT2D eigenvalue weighted by Crippen LogP contribution is 2.21. The van der Waals surface area contributed by atoms with E-state index in [1.165, 1.54) is 22.7 Å². The Kier molecular flexibility index (Phi) is 6.55. The number of thiazole rings is 1. The lowest BCUT2D eigenvalue weighted by molar-refractivity contribution is 0.103. The summed E-state index contributed by atoms with van der Waals surface area (Å²) in [6.45, 7) is 2.73. The number of amides is 1. The fourth-order valence-corrected chi connectivity index (χ4v) is 4.06. The maximum atomic E-state index is 12.1. The smallest absolute Gasteiger partial charge is 0.267 e. The van der Waals surface area contributed by atoms with E-state index in [9.17, 15) is 4.79 Å². The van der Waals surface area contributed by atoms with Crippen LogP contribution in [-0.2, 0) is 6.42 Å². The number of nitrogens with zero attached hydrogens (tertiary/aromatic N) is 4. The van der Waals surface area contributed by atoms with Crippen LogP contribution in [0.25, 0.3) is 0 Å². The van der Waals surface area contributed by atoms with E-state index in [4.69, 9.17) is 4.52 Å². The van der Waals surface area contributed by atoms with Crippen molar-refractivity contribution in [1.29, 1.82) is 0 Å². The number of piperazine rings is 1. The van der Waals surface area contributed by atoms with Gasteiger partial charge in [0, 0.05) is 25.0 Å². The van der Waals surface area contributed by atoms with Gasteiger partial charge >= 0.3 is 0 Å². The van der Waals surface area contributed by atoms with Crippen molar-refractivity contribution in [2.24, 2.45) is 0 Å². The summed E-state index contributed by atoms with van der Waals surface area (Å²) < 4.78 is 5.38. The maximum Gasteiger partial charge on any atom is 0.267 e. The van der Waals surface area contributed by atoms with Gasteiger partial charge in [0.2, 0.25) is 5.89 Å². The largest absolute Gasteiger partial charge is 0.339 e. The molecular formula is C16H19ClN6O2S2. The predicted octanol–water partition coefficient (Wildman–Crippen LogP) is 2.43. The zero-order valence-corrected chi connectivity index (χ0v) is 17.0. The molecule has 8 nitrogen and oxygen atoms in total. The van der Waals surface area contributed by atoms with E-state index >= 15 is 0 Å². The predicted molar refractivity (Wildman–Crippen MR) is 107 cm³/mol. The van der Waals surface area contributed by atoms with Gasteiger partial charge in [0.15, 0.2) is 11.0 Å². The van der Waals surface area contributed by atoms with Crippen LogP contribution in [0.15, 0.2) is 27.4 Å². The van der Waals surface area contributed by atoms with E-state index in [1.54, 1.807) is 6.07 Å². The van der Waals surface area contributed by atoms with Crippen LogP contribution in [0, 0.1) is 0 Å². The van der Waals surface area contributed by atoms with Gasteiger partial charge in [-0.05, 0) is 18.5 Å². The number of carbonyl (C=O) groups excluding carboxylic acids is 1. The number of halogens is 1. The number of nitrogens with one attached hydrogen (secondary N) is 2. The fraction of sp³-hybridized carbons (Fsp3) is 0.375. The van der Waals surface area contributed by atoms with Gasteiger partial charge in [0.25, 0.3) is 5.91 Å². The molecule has 0 aromatic carbocycles. The summed E-state index contributed by atoms with van der Waals surface area (Å²) >= 11 is 2.78. The second-order valence-corrected chi connectivity index (χ2v) is 7.80. The molecule has 0 bridgehead atoms. The van der Waals surface area contributed by atoms with Crippen LogP contribution < -0.4 is 10.6 Å². The molecule has 4 rings (SSSR count). The number of anilines is 1. The lowest BCUT2D eigenvalue weighted by Crippen LogP contribution is -2.44. The molecule has 11 heteroatoms. The Morgan fingerprint density at radius 3 is 3.11 bits per heavy atom. The molecule has 0 spiro atoms. The van der Waals surface area contributed by atoms with Crippen LogP contribution in [0.5, 0.6) is 0 Å². The zero-order valence-electron chi connectivity index (χ0n) is 14.5. The van der Waals surface area contributed by atoms with Gasteiger partial charge in [-0.25, -0.2) is 4.98 Å². The van der Waals surface area contributed by atoms with Gasteiger partial charge < -0.3 is 9.84 Å². The van der Waals surface area contributed by atoms with E-state index in [0.717, 1.165) is 25.3 Å². The molecule has 1 aliphatic rings. The second-order valence-electron chi connectivity index (χ2n) is 6.00. The van der Waals surface area contributed by atoms with Crippen LogP contribution >= 0.6 is 35.1 Å². The van der Waals surface area contributed by atoms with E-state index in [2.05, 4.69) is 37.7 Å². The molecule has 3 aromatic heterocycles. The third kappa shape index (κ3) is 4.71. The number of thiophene rings is 1. The molecule has 0 saturated carbocycles. The molecule has 0 radical (unpaired) electrons. The third-order valence-corrected chi connectivity index (χ3v) is 5.82. The maximum absolute atomic E-state index is 12.1. The molecule has 144 valence electrons. The minimum Gasteiger partial charge on any atom is -0.339 e. The summed E-state index contributed by atoms with van der Waals surface area (Å²) in [6.07, 6.45) is 0.447. The average Bonchev–Trinajstić information content (AvgIpc) is 3.37. The molecule has 1 saturated heterocycles. The van der Waals surface area contributed by atoms with Crippen molar-refractivity contribution < 1.29 is 9.32 Å². The molecule has 1 amide bonds. The van der Waals surface area contributed by atoms with Gasteiger partial charge in [0.05, 0.1) is 23.0 Å². The lowest BCUT2D eigenvalue weighted by atomic mass is 10.2. The Hall–Kier alpha value is -1.85. The second kappa shape index (κ2) is 8.89. The van der Waals surface area contributed by atoms with Crippen LogP contribution in [0.4, 0.5) is 5.13 Å². The first-order chi connectivity index (χ1) is 12.7.